The molecule has 0 aliphatic carbocycles. The zero-order valence-electron chi connectivity index (χ0n) is 19.3. The molecule has 0 unspecified atom stereocenters. The second-order valence-corrected chi connectivity index (χ2v) is 6.81. The van der Waals surface area contributed by atoms with E-state index in [4.69, 9.17) is 23.5 Å². The van der Waals surface area contributed by atoms with Gasteiger partial charge in [-0.2, -0.15) is 4.98 Å². The summed E-state index contributed by atoms with van der Waals surface area (Å²) < 4.78 is 26.9. The van der Waals surface area contributed by atoms with Crippen LogP contribution in [0.4, 0.5) is 0 Å². The standard InChI is InChI=1S/C24H27N3O7/c1-4-30-18-10-8-7-9-17(18)23-26-21(34-27-23)15-33-22(28)14-25-24(29)16-11-12-19(31-5-2)20(13-16)32-6-3/h7-13H,4-6,14-15H2,1-3H3,(H,25,29). The summed E-state index contributed by atoms with van der Waals surface area (Å²) in [5.74, 6) is 0.963. The van der Waals surface area contributed by atoms with Crippen LogP contribution in [0.5, 0.6) is 17.2 Å². The highest BCUT2D eigenvalue weighted by Gasteiger charge is 2.16. The van der Waals surface area contributed by atoms with Gasteiger partial charge in [0.1, 0.15) is 12.3 Å². The Labute approximate surface area is 197 Å². The number of aromatic nitrogens is 2. The Morgan fingerprint density at radius 3 is 2.38 bits per heavy atom. The fourth-order valence-corrected chi connectivity index (χ4v) is 3.00. The summed E-state index contributed by atoms with van der Waals surface area (Å²) in [5.41, 5.74) is 0.994. The molecule has 10 heteroatoms. The molecule has 0 aliphatic heterocycles. The first kappa shape index (κ1) is 24.6. The predicted octanol–water partition coefficient (Wildman–Crippen LogP) is 3.41. The number of carbonyl (C=O) groups is 2. The van der Waals surface area contributed by atoms with E-state index in [2.05, 4.69) is 15.5 Å². The van der Waals surface area contributed by atoms with Crippen LogP contribution in [0.1, 0.15) is 37.0 Å². The predicted molar refractivity (Wildman–Crippen MR) is 122 cm³/mol. The molecule has 0 aliphatic rings. The van der Waals surface area contributed by atoms with Crippen LogP contribution < -0.4 is 19.5 Å². The van der Waals surface area contributed by atoms with Gasteiger partial charge in [-0.05, 0) is 51.1 Å². The fourth-order valence-electron chi connectivity index (χ4n) is 3.00. The Morgan fingerprint density at radius 2 is 1.62 bits per heavy atom. The lowest BCUT2D eigenvalue weighted by atomic mass is 10.2. The van der Waals surface area contributed by atoms with E-state index in [9.17, 15) is 9.59 Å². The van der Waals surface area contributed by atoms with E-state index in [0.717, 1.165) is 0 Å². The van der Waals surface area contributed by atoms with Crippen LogP contribution in [0.2, 0.25) is 0 Å². The molecule has 0 saturated heterocycles. The first-order valence-electron chi connectivity index (χ1n) is 10.9. The van der Waals surface area contributed by atoms with Crippen LogP contribution >= 0.6 is 0 Å². The number of hydrogen-bond acceptors (Lipinski definition) is 9. The van der Waals surface area contributed by atoms with Crippen molar-refractivity contribution in [1.82, 2.24) is 15.5 Å². The summed E-state index contributed by atoms with van der Waals surface area (Å²) >= 11 is 0. The van der Waals surface area contributed by atoms with Gasteiger partial charge < -0.3 is 28.8 Å². The molecule has 1 N–H and O–H groups in total. The van der Waals surface area contributed by atoms with Crippen LogP contribution in [-0.2, 0) is 16.1 Å². The minimum atomic E-state index is -0.654. The second-order valence-electron chi connectivity index (χ2n) is 6.81. The van der Waals surface area contributed by atoms with E-state index in [0.29, 0.717) is 54.0 Å². The summed E-state index contributed by atoms with van der Waals surface area (Å²) in [4.78, 5) is 28.8. The maximum atomic E-state index is 12.4. The van der Waals surface area contributed by atoms with Crippen molar-refractivity contribution in [3.05, 3.63) is 53.9 Å². The summed E-state index contributed by atoms with van der Waals surface area (Å²) in [7, 11) is 0. The summed E-state index contributed by atoms with van der Waals surface area (Å²) in [5, 5.41) is 6.43. The van der Waals surface area contributed by atoms with Crippen molar-refractivity contribution < 1.29 is 33.1 Å². The number of nitrogens with zero attached hydrogens (tertiary/aromatic N) is 2. The number of para-hydroxylation sites is 1. The van der Waals surface area contributed by atoms with Crippen LogP contribution in [-0.4, -0.2) is 48.4 Å². The Hall–Kier alpha value is -4.08. The Kier molecular flexibility index (Phi) is 8.84. The molecule has 2 aromatic carbocycles. The van der Waals surface area contributed by atoms with Gasteiger partial charge >= 0.3 is 5.97 Å². The van der Waals surface area contributed by atoms with Crippen molar-refractivity contribution in [3.63, 3.8) is 0 Å². The molecule has 0 spiro atoms. The number of rotatable bonds is 12. The molecule has 0 radical (unpaired) electrons. The molecular formula is C24H27N3O7. The van der Waals surface area contributed by atoms with Crippen molar-refractivity contribution in [2.75, 3.05) is 26.4 Å². The summed E-state index contributed by atoms with van der Waals surface area (Å²) in [6.07, 6.45) is 0. The lowest BCUT2D eigenvalue weighted by molar-refractivity contribution is -0.144. The summed E-state index contributed by atoms with van der Waals surface area (Å²) in [6, 6.07) is 12.1. The monoisotopic (exact) mass is 469 g/mol. The van der Waals surface area contributed by atoms with E-state index in [1.807, 2.05) is 32.9 Å². The Bertz CT molecular complexity index is 1110. The van der Waals surface area contributed by atoms with E-state index < -0.39 is 11.9 Å². The van der Waals surface area contributed by atoms with Gasteiger partial charge in [-0.15, -0.1) is 0 Å². The summed E-state index contributed by atoms with van der Waals surface area (Å²) in [6.45, 7) is 6.41. The van der Waals surface area contributed by atoms with Gasteiger partial charge in [-0.25, -0.2) is 0 Å². The maximum Gasteiger partial charge on any atom is 0.325 e. The highest BCUT2D eigenvalue weighted by Crippen LogP contribution is 2.29. The third kappa shape index (κ3) is 6.47. The SMILES string of the molecule is CCOc1ccc(C(=O)NCC(=O)OCc2nc(-c3ccccc3OCC)no2)cc1OCC. The van der Waals surface area contributed by atoms with E-state index >= 15 is 0 Å². The van der Waals surface area contributed by atoms with E-state index in [1.54, 1.807) is 30.3 Å². The third-order valence-corrected chi connectivity index (χ3v) is 4.45. The zero-order chi connectivity index (χ0) is 24.3. The Balaban J connectivity index is 1.52. The highest BCUT2D eigenvalue weighted by atomic mass is 16.6. The molecule has 0 fully saturated rings. The minimum absolute atomic E-state index is 0.119. The number of nitrogens with one attached hydrogen (secondary N) is 1. The topological polar surface area (TPSA) is 122 Å². The van der Waals surface area contributed by atoms with Gasteiger partial charge in [0, 0.05) is 5.56 Å². The molecule has 1 heterocycles. The fraction of sp³-hybridized carbons (Fsp3) is 0.333. The largest absolute Gasteiger partial charge is 0.493 e. The molecular weight excluding hydrogens is 442 g/mol. The van der Waals surface area contributed by atoms with E-state index in [1.165, 1.54) is 0 Å². The van der Waals surface area contributed by atoms with Gasteiger partial charge in [0.05, 0.1) is 25.4 Å². The smallest absolute Gasteiger partial charge is 0.325 e. The van der Waals surface area contributed by atoms with Gasteiger partial charge in [0.25, 0.3) is 11.8 Å². The van der Waals surface area contributed by atoms with Crippen molar-refractivity contribution in [3.8, 4) is 28.6 Å². The van der Waals surface area contributed by atoms with Crippen molar-refractivity contribution in [1.29, 1.82) is 0 Å². The molecule has 3 aromatic rings. The zero-order valence-corrected chi connectivity index (χ0v) is 19.3. The van der Waals surface area contributed by atoms with Crippen LogP contribution in [0.25, 0.3) is 11.4 Å². The van der Waals surface area contributed by atoms with E-state index in [-0.39, 0.29) is 19.0 Å². The molecule has 0 saturated carbocycles. The molecule has 1 aromatic heterocycles. The first-order valence-corrected chi connectivity index (χ1v) is 10.9. The van der Waals surface area contributed by atoms with Crippen LogP contribution in [0, 0.1) is 0 Å². The van der Waals surface area contributed by atoms with Crippen LogP contribution in [0.3, 0.4) is 0 Å². The van der Waals surface area contributed by atoms with Crippen LogP contribution in [0.15, 0.2) is 47.0 Å². The maximum absolute atomic E-state index is 12.4. The van der Waals surface area contributed by atoms with Gasteiger partial charge in [0.15, 0.2) is 18.1 Å². The molecule has 10 nitrogen and oxygen atoms in total. The first-order chi connectivity index (χ1) is 16.5. The lowest BCUT2D eigenvalue weighted by Crippen LogP contribution is -2.30. The van der Waals surface area contributed by atoms with Crippen molar-refractivity contribution in [2.45, 2.75) is 27.4 Å². The molecule has 0 atom stereocenters. The molecule has 34 heavy (non-hydrogen) atoms. The highest BCUT2D eigenvalue weighted by molar-refractivity contribution is 5.96. The number of benzene rings is 2. The number of esters is 1. The third-order valence-electron chi connectivity index (χ3n) is 4.45. The van der Waals surface area contributed by atoms with Gasteiger partial charge in [-0.1, -0.05) is 17.3 Å². The average molecular weight is 469 g/mol. The average Bonchev–Trinajstić information content (AvgIpc) is 3.32. The van der Waals surface area contributed by atoms with Crippen molar-refractivity contribution >= 4 is 11.9 Å². The molecule has 1 amide bonds. The minimum Gasteiger partial charge on any atom is -0.493 e. The molecule has 180 valence electrons. The van der Waals surface area contributed by atoms with Gasteiger partial charge in [0.2, 0.25) is 5.82 Å². The normalized spacial score (nSPS) is 10.4. The number of amides is 1. The quantitative estimate of drug-likeness (QED) is 0.398. The number of carbonyl (C=O) groups excluding carboxylic acids is 2. The van der Waals surface area contributed by atoms with Crippen molar-refractivity contribution in [2.24, 2.45) is 0 Å². The Morgan fingerprint density at radius 1 is 0.912 bits per heavy atom. The molecule has 3 rings (SSSR count). The molecule has 0 bridgehead atoms. The number of ether oxygens (including phenoxy) is 4. The second kappa shape index (κ2) is 12.2. The van der Waals surface area contributed by atoms with Gasteiger partial charge in [-0.3, -0.25) is 9.59 Å². The number of hydrogen-bond donors (Lipinski definition) is 1. The lowest BCUT2D eigenvalue weighted by Gasteiger charge is -2.12.